The Balaban J connectivity index is 2.17. The van der Waals surface area contributed by atoms with Crippen LogP contribution in [0.4, 0.5) is 15.8 Å². The Morgan fingerprint density at radius 2 is 1.91 bits per heavy atom. The van der Waals surface area contributed by atoms with Gasteiger partial charge in [0.2, 0.25) is 5.91 Å². The van der Waals surface area contributed by atoms with Crippen LogP contribution < -0.4 is 16.4 Å². The Morgan fingerprint density at radius 3 is 2.59 bits per heavy atom. The summed E-state index contributed by atoms with van der Waals surface area (Å²) in [5.41, 5.74) is 6.14. The maximum Gasteiger partial charge on any atom is 0.255 e. The Morgan fingerprint density at radius 1 is 1.14 bits per heavy atom. The molecule has 114 valence electrons. The Bertz CT molecular complexity index is 722. The van der Waals surface area contributed by atoms with Gasteiger partial charge in [-0.05, 0) is 36.4 Å². The fraction of sp³-hybridized carbons (Fsp3) is 0.0667. The van der Waals surface area contributed by atoms with Crippen molar-refractivity contribution in [2.45, 2.75) is 0 Å². The SMILES string of the molecule is NCC(=O)Nc1cc(NC(=O)c2cccc(F)c2)ccc1Cl. The third kappa shape index (κ3) is 4.03. The van der Waals surface area contributed by atoms with Gasteiger partial charge in [0.1, 0.15) is 5.82 Å². The van der Waals surface area contributed by atoms with E-state index in [2.05, 4.69) is 10.6 Å². The number of nitrogens with two attached hydrogens (primary N) is 1. The van der Waals surface area contributed by atoms with Crippen LogP contribution in [0.2, 0.25) is 5.02 Å². The summed E-state index contributed by atoms with van der Waals surface area (Å²) in [4.78, 5) is 23.3. The number of rotatable bonds is 4. The van der Waals surface area contributed by atoms with Crippen LogP contribution in [0.15, 0.2) is 42.5 Å². The fourth-order valence-electron chi connectivity index (χ4n) is 1.73. The number of hydrogen-bond donors (Lipinski definition) is 3. The summed E-state index contributed by atoms with van der Waals surface area (Å²) >= 11 is 5.95. The number of nitrogens with one attached hydrogen (secondary N) is 2. The molecule has 0 fully saturated rings. The monoisotopic (exact) mass is 321 g/mol. The highest BCUT2D eigenvalue weighted by Crippen LogP contribution is 2.25. The van der Waals surface area contributed by atoms with Gasteiger partial charge < -0.3 is 16.4 Å². The summed E-state index contributed by atoms with van der Waals surface area (Å²) in [6.45, 7) is -0.184. The van der Waals surface area contributed by atoms with Gasteiger partial charge in [-0.15, -0.1) is 0 Å². The van der Waals surface area contributed by atoms with Gasteiger partial charge in [0, 0.05) is 11.3 Å². The van der Waals surface area contributed by atoms with Gasteiger partial charge in [0.15, 0.2) is 0 Å². The number of amides is 2. The van der Waals surface area contributed by atoms with Crippen molar-refractivity contribution >= 4 is 34.8 Å². The number of carbonyl (C=O) groups excluding carboxylic acids is 2. The minimum absolute atomic E-state index is 0.183. The molecule has 2 aromatic rings. The maximum atomic E-state index is 13.1. The second kappa shape index (κ2) is 7.02. The van der Waals surface area contributed by atoms with E-state index in [4.69, 9.17) is 17.3 Å². The molecule has 2 rings (SSSR count). The zero-order valence-electron chi connectivity index (χ0n) is 11.4. The second-order valence-electron chi connectivity index (χ2n) is 4.41. The topological polar surface area (TPSA) is 84.2 Å². The standard InChI is InChI=1S/C15H13ClFN3O2/c16-12-5-4-11(7-13(12)20-14(21)8-18)19-15(22)9-2-1-3-10(17)6-9/h1-7H,8,18H2,(H,19,22)(H,20,21). The van der Waals surface area contributed by atoms with Crippen LogP contribution in [-0.2, 0) is 4.79 Å². The smallest absolute Gasteiger partial charge is 0.255 e. The molecule has 0 bridgehead atoms. The first-order valence-corrected chi connectivity index (χ1v) is 6.74. The van der Waals surface area contributed by atoms with Crippen LogP contribution in [0.25, 0.3) is 0 Å². The molecule has 0 unspecified atom stereocenters. The molecule has 0 aliphatic carbocycles. The lowest BCUT2D eigenvalue weighted by Gasteiger charge is -2.10. The van der Waals surface area contributed by atoms with E-state index in [1.807, 2.05) is 0 Å². The van der Waals surface area contributed by atoms with Gasteiger partial charge in [-0.1, -0.05) is 17.7 Å². The molecule has 0 saturated carbocycles. The van der Waals surface area contributed by atoms with Crippen LogP contribution in [0.3, 0.4) is 0 Å². The fourth-order valence-corrected chi connectivity index (χ4v) is 1.90. The first-order valence-electron chi connectivity index (χ1n) is 6.36. The molecule has 0 radical (unpaired) electrons. The van der Waals surface area contributed by atoms with Crippen LogP contribution in [-0.4, -0.2) is 18.4 Å². The largest absolute Gasteiger partial charge is 0.324 e. The van der Waals surface area contributed by atoms with Crippen LogP contribution in [0, 0.1) is 5.82 Å². The van der Waals surface area contributed by atoms with Gasteiger partial charge in [0.05, 0.1) is 17.3 Å². The minimum atomic E-state index is -0.500. The van der Waals surface area contributed by atoms with Gasteiger partial charge in [-0.25, -0.2) is 4.39 Å². The van der Waals surface area contributed by atoms with E-state index >= 15 is 0 Å². The van der Waals surface area contributed by atoms with Crippen LogP contribution >= 0.6 is 11.6 Å². The van der Waals surface area contributed by atoms with E-state index in [-0.39, 0.29) is 12.1 Å². The van der Waals surface area contributed by atoms with Gasteiger partial charge in [-0.2, -0.15) is 0 Å². The van der Waals surface area contributed by atoms with Crippen molar-refractivity contribution in [3.63, 3.8) is 0 Å². The predicted molar refractivity (Wildman–Crippen MR) is 83.5 cm³/mol. The highest BCUT2D eigenvalue weighted by molar-refractivity contribution is 6.33. The molecule has 4 N–H and O–H groups in total. The molecule has 0 aromatic heterocycles. The zero-order chi connectivity index (χ0) is 16.1. The quantitative estimate of drug-likeness (QED) is 0.809. The minimum Gasteiger partial charge on any atom is -0.324 e. The molecule has 0 saturated heterocycles. The van der Waals surface area contributed by atoms with Gasteiger partial charge in [-0.3, -0.25) is 9.59 Å². The summed E-state index contributed by atoms with van der Waals surface area (Å²) in [5, 5.41) is 5.42. The molecule has 0 aliphatic rings. The number of hydrogen-bond acceptors (Lipinski definition) is 3. The number of carbonyl (C=O) groups is 2. The summed E-state index contributed by atoms with van der Waals surface area (Å²) in [5.74, 6) is -1.38. The molecule has 2 aromatic carbocycles. The van der Waals surface area contributed by atoms with Crippen molar-refractivity contribution in [2.75, 3.05) is 17.2 Å². The first-order chi connectivity index (χ1) is 10.5. The third-order valence-corrected chi connectivity index (χ3v) is 3.10. The predicted octanol–water partition coefficient (Wildman–Crippen LogP) is 2.63. The lowest BCUT2D eigenvalue weighted by atomic mass is 10.2. The van der Waals surface area contributed by atoms with E-state index in [0.717, 1.165) is 6.07 Å². The highest BCUT2D eigenvalue weighted by atomic mass is 35.5. The average Bonchev–Trinajstić information content (AvgIpc) is 2.50. The van der Waals surface area contributed by atoms with E-state index in [1.165, 1.54) is 30.3 Å². The molecule has 7 heteroatoms. The average molecular weight is 322 g/mol. The molecule has 0 spiro atoms. The van der Waals surface area contributed by atoms with Crippen molar-refractivity contribution in [3.8, 4) is 0 Å². The van der Waals surface area contributed by atoms with Crippen molar-refractivity contribution in [1.82, 2.24) is 0 Å². The van der Waals surface area contributed by atoms with Crippen LogP contribution in [0.1, 0.15) is 10.4 Å². The van der Waals surface area contributed by atoms with E-state index in [0.29, 0.717) is 16.4 Å². The third-order valence-electron chi connectivity index (χ3n) is 2.77. The van der Waals surface area contributed by atoms with E-state index in [1.54, 1.807) is 6.07 Å². The lowest BCUT2D eigenvalue weighted by Crippen LogP contribution is -2.22. The highest BCUT2D eigenvalue weighted by Gasteiger charge is 2.10. The summed E-state index contributed by atoms with van der Waals surface area (Å²) in [6, 6.07) is 9.89. The zero-order valence-corrected chi connectivity index (χ0v) is 12.2. The molecule has 2 amide bonds. The lowest BCUT2D eigenvalue weighted by molar-refractivity contribution is -0.114. The van der Waals surface area contributed by atoms with Gasteiger partial charge in [0.25, 0.3) is 5.91 Å². The summed E-state index contributed by atoms with van der Waals surface area (Å²) < 4.78 is 13.1. The number of halogens is 2. The van der Waals surface area contributed by atoms with E-state index < -0.39 is 17.6 Å². The Labute approximate surface area is 131 Å². The van der Waals surface area contributed by atoms with Crippen LogP contribution in [0.5, 0.6) is 0 Å². The Kier molecular flexibility index (Phi) is 5.08. The first kappa shape index (κ1) is 15.9. The van der Waals surface area contributed by atoms with E-state index in [9.17, 15) is 14.0 Å². The molecule has 22 heavy (non-hydrogen) atoms. The van der Waals surface area contributed by atoms with Crippen molar-refractivity contribution < 1.29 is 14.0 Å². The van der Waals surface area contributed by atoms with Crippen molar-refractivity contribution in [3.05, 3.63) is 58.9 Å². The summed E-state index contributed by atoms with van der Waals surface area (Å²) in [6.07, 6.45) is 0. The molecule has 5 nitrogen and oxygen atoms in total. The Hall–Kier alpha value is -2.44. The van der Waals surface area contributed by atoms with Crippen molar-refractivity contribution in [2.24, 2.45) is 5.73 Å². The summed E-state index contributed by atoms with van der Waals surface area (Å²) in [7, 11) is 0. The van der Waals surface area contributed by atoms with Crippen molar-refractivity contribution in [1.29, 1.82) is 0 Å². The molecule has 0 aliphatic heterocycles. The number of benzene rings is 2. The normalized spacial score (nSPS) is 10.1. The number of anilines is 2. The molecule has 0 atom stereocenters. The maximum absolute atomic E-state index is 13.1. The molecule has 0 heterocycles. The second-order valence-corrected chi connectivity index (χ2v) is 4.82. The molecular formula is C15H13ClFN3O2. The van der Waals surface area contributed by atoms with Gasteiger partial charge >= 0.3 is 0 Å². The molecular weight excluding hydrogens is 309 g/mol.